The molecule has 1 fully saturated rings. The highest BCUT2D eigenvalue weighted by Gasteiger charge is 2.35. The SMILES string of the molecule is COCCN1C(=O)S/C(=C/c2c(C)n(Cc3ccc([N+](=O)[O-])cc3)c3ccccc23)C1=O. The number of nitro groups is 1. The number of rotatable bonds is 7. The maximum absolute atomic E-state index is 12.8. The molecule has 1 saturated heterocycles. The first kappa shape index (κ1) is 21.8. The summed E-state index contributed by atoms with van der Waals surface area (Å²) in [6.07, 6.45) is 1.78. The summed E-state index contributed by atoms with van der Waals surface area (Å²) in [5.41, 5.74) is 3.76. The molecule has 3 aromatic rings. The topological polar surface area (TPSA) is 94.7 Å². The molecule has 2 heterocycles. The summed E-state index contributed by atoms with van der Waals surface area (Å²) < 4.78 is 7.10. The Morgan fingerprint density at radius 1 is 1.12 bits per heavy atom. The van der Waals surface area contributed by atoms with E-state index in [1.165, 1.54) is 24.1 Å². The second kappa shape index (κ2) is 8.97. The van der Waals surface area contributed by atoms with Crippen molar-refractivity contribution >= 4 is 45.6 Å². The van der Waals surface area contributed by atoms with E-state index < -0.39 is 4.92 Å². The van der Waals surface area contributed by atoms with E-state index in [0.717, 1.165) is 39.5 Å². The molecule has 0 saturated carbocycles. The average Bonchev–Trinajstić information content (AvgIpc) is 3.20. The molecule has 8 nitrogen and oxygen atoms in total. The van der Waals surface area contributed by atoms with Gasteiger partial charge in [-0.05, 0) is 36.4 Å². The van der Waals surface area contributed by atoms with Crippen molar-refractivity contribution in [2.75, 3.05) is 20.3 Å². The lowest BCUT2D eigenvalue weighted by atomic mass is 10.1. The first-order valence-electron chi connectivity index (χ1n) is 9.96. The number of para-hydroxylation sites is 1. The van der Waals surface area contributed by atoms with Crippen molar-refractivity contribution in [1.29, 1.82) is 0 Å². The van der Waals surface area contributed by atoms with Gasteiger partial charge in [-0.2, -0.15) is 0 Å². The third kappa shape index (κ3) is 4.04. The Morgan fingerprint density at radius 3 is 2.53 bits per heavy atom. The molecular weight excluding hydrogens is 430 g/mol. The first-order chi connectivity index (χ1) is 15.4. The zero-order chi connectivity index (χ0) is 22.8. The van der Waals surface area contributed by atoms with Crippen LogP contribution in [0, 0.1) is 17.0 Å². The molecule has 0 radical (unpaired) electrons. The van der Waals surface area contributed by atoms with Crippen LogP contribution in [-0.4, -0.2) is 45.8 Å². The van der Waals surface area contributed by atoms with E-state index in [4.69, 9.17) is 4.74 Å². The van der Waals surface area contributed by atoms with Crippen LogP contribution in [0.5, 0.6) is 0 Å². The minimum absolute atomic E-state index is 0.0488. The summed E-state index contributed by atoms with van der Waals surface area (Å²) in [6.45, 7) is 3.00. The number of imide groups is 1. The van der Waals surface area contributed by atoms with Crippen molar-refractivity contribution < 1.29 is 19.2 Å². The number of hydrogen-bond donors (Lipinski definition) is 0. The third-order valence-electron chi connectivity index (χ3n) is 5.44. The Hall–Kier alpha value is -3.43. The van der Waals surface area contributed by atoms with Crippen molar-refractivity contribution in [2.24, 2.45) is 0 Å². The molecule has 0 bridgehead atoms. The fourth-order valence-corrected chi connectivity index (χ4v) is 4.60. The molecular formula is C23H21N3O5S. The molecule has 0 N–H and O–H groups in total. The number of fused-ring (bicyclic) bond motifs is 1. The highest BCUT2D eigenvalue weighted by Crippen LogP contribution is 2.35. The van der Waals surface area contributed by atoms with Gasteiger partial charge in [-0.1, -0.05) is 30.3 Å². The van der Waals surface area contributed by atoms with Gasteiger partial charge in [0.25, 0.3) is 16.8 Å². The molecule has 0 aliphatic carbocycles. The summed E-state index contributed by atoms with van der Waals surface area (Å²) in [5.74, 6) is -0.316. The lowest BCUT2D eigenvalue weighted by molar-refractivity contribution is -0.384. The van der Waals surface area contributed by atoms with Crippen LogP contribution in [0.2, 0.25) is 0 Å². The van der Waals surface area contributed by atoms with Gasteiger partial charge in [-0.25, -0.2) is 0 Å². The lowest BCUT2D eigenvalue weighted by Gasteiger charge is -2.10. The minimum atomic E-state index is -0.419. The van der Waals surface area contributed by atoms with Gasteiger partial charge in [0, 0.05) is 47.9 Å². The van der Waals surface area contributed by atoms with Gasteiger partial charge in [0.05, 0.1) is 23.0 Å². The van der Waals surface area contributed by atoms with Crippen LogP contribution in [0.3, 0.4) is 0 Å². The number of nitrogens with zero attached hydrogens (tertiary/aromatic N) is 3. The molecule has 0 unspecified atom stereocenters. The van der Waals surface area contributed by atoms with Crippen LogP contribution < -0.4 is 0 Å². The average molecular weight is 452 g/mol. The number of aromatic nitrogens is 1. The minimum Gasteiger partial charge on any atom is -0.383 e. The number of hydrogen-bond acceptors (Lipinski definition) is 6. The largest absolute Gasteiger partial charge is 0.383 e. The Bertz CT molecular complexity index is 1250. The molecule has 1 aliphatic rings. The molecule has 2 aromatic carbocycles. The Morgan fingerprint density at radius 2 is 1.84 bits per heavy atom. The van der Waals surface area contributed by atoms with Gasteiger partial charge in [0.15, 0.2) is 0 Å². The maximum atomic E-state index is 12.8. The zero-order valence-corrected chi connectivity index (χ0v) is 18.4. The molecule has 2 amide bonds. The van der Waals surface area contributed by atoms with Gasteiger partial charge in [-0.15, -0.1) is 0 Å². The number of benzene rings is 2. The van der Waals surface area contributed by atoms with Crippen molar-refractivity contribution in [3.8, 4) is 0 Å². The number of nitro benzene ring substituents is 1. The van der Waals surface area contributed by atoms with E-state index in [2.05, 4.69) is 4.57 Å². The van der Waals surface area contributed by atoms with Gasteiger partial charge in [0.1, 0.15) is 0 Å². The molecule has 32 heavy (non-hydrogen) atoms. The van der Waals surface area contributed by atoms with Gasteiger partial charge >= 0.3 is 0 Å². The Balaban J connectivity index is 1.72. The van der Waals surface area contributed by atoms with Crippen LogP contribution in [0.15, 0.2) is 53.4 Å². The number of methoxy groups -OCH3 is 1. The standard InChI is InChI=1S/C23H21N3O5S/c1-15-19(13-21-22(27)24(11-12-31-2)23(28)32-21)18-5-3-4-6-20(18)25(15)14-16-7-9-17(10-8-16)26(29)30/h3-10,13H,11-12,14H2,1-2H3/b21-13+. The Kier molecular flexibility index (Phi) is 6.11. The number of thioether (sulfide) groups is 1. The van der Waals surface area contributed by atoms with Crippen LogP contribution >= 0.6 is 11.8 Å². The molecule has 9 heteroatoms. The van der Waals surface area contributed by atoms with E-state index in [1.807, 2.05) is 31.2 Å². The monoisotopic (exact) mass is 451 g/mol. The van der Waals surface area contributed by atoms with Gasteiger partial charge < -0.3 is 9.30 Å². The number of non-ortho nitro benzene ring substituents is 1. The van der Waals surface area contributed by atoms with Crippen molar-refractivity contribution in [1.82, 2.24) is 9.47 Å². The second-order valence-corrected chi connectivity index (χ2v) is 8.35. The summed E-state index contributed by atoms with van der Waals surface area (Å²) in [7, 11) is 1.53. The maximum Gasteiger partial charge on any atom is 0.293 e. The van der Waals surface area contributed by atoms with Crippen molar-refractivity contribution in [3.63, 3.8) is 0 Å². The number of carbonyl (C=O) groups is 2. The molecule has 1 aromatic heterocycles. The van der Waals surface area contributed by atoms with E-state index in [1.54, 1.807) is 18.2 Å². The van der Waals surface area contributed by atoms with E-state index >= 15 is 0 Å². The smallest absolute Gasteiger partial charge is 0.293 e. The summed E-state index contributed by atoms with van der Waals surface area (Å²) >= 11 is 0.932. The number of carbonyl (C=O) groups excluding carboxylic acids is 2. The molecule has 0 atom stereocenters. The summed E-state index contributed by atoms with van der Waals surface area (Å²) in [5, 5.41) is 11.6. The molecule has 0 spiro atoms. The normalized spacial score (nSPS) is 15.3. The quantitative estimate of drug-likeness (QED) is 0.296. The van der Waals surface area contributed by atoms with Gasteiger partial charge in [-0.3, -0.25) is 24.6 Å². The third-order valence-corrected chi connectivity index (χ3v) is 6.34. The zero-order valence-electron chi connectivity index (χ0n) is 17.6. The van der Waals surface area contributed by atoms with Crippen LogP contribution in [0.1, 0.15) is 16.8 Å². The molecule has 164 valence electrons. The van der Waals surface area contributed by atoms with E-state index in [-0.39, 0.29) is 23.4 Å². The van der Waals surface area contributed by atoms with E-state index in [0.29, 0.717) is 18.1 Å². The number of amides is 2. The van der Waals surface area contributed by atoms with Crippen molar-refractivity contribution in [3.05, 3.63) is 80.4 Å². The first-order valence-corrected chi connectivity index (χ1v) is 10.8. The highest BCUT2D eigenvalue weighted by atomic mass is 32.2. The summed E-state index contributed by atoms with van der Waals surface area (Å²) in [4.78, 5) is 37.1. The predicted molar refractivity (Wildman–Crippen MR) is 123 cm³/mol. The van der Waals surface area contributed by atoms with Crippen LogP contribution in [0.4, 0.5) is 10.5 Å². The van der Waals surface area contributed by atoms with Crippen LogP contribution in [-0.2, 0) is 16.1 Å². The predicted octanol–water partition coefficient (Wildman–Crippen LogP) is 4.59. The molecule has 4 rings (SSSR count). The number of ether oxygens (including phenoxy) is 1. The highest BCUT2D eigenvalue weighted by molar-refractivity contribution is 8.18. The van der Waals surface area contributed by atoms with Crippen molar-refractivity contribution in [2.45, 2.75) is 13.5 Å². The molecule has 1 aliphatic heterocycles. The summed E-state index contributed by atoms with van der Waals surface area (Å²) in [6, 6.07) is 14.3. The fourth-order valence-electron chi connectivity index (χ4n) is 3.76. The van der Waals surface area contributed by atoms with Crippen LogP contribution in [0.25, 0.3) is 17.0 Å². The Labute approximate surface area is 188 Å². The lowest BCUT2D eigenvalue weighted by Crippen LogP contribution is -2.31. The van der Waals surface area contributed by atoms with Gasteiger partial charge in [0.2, 0.25) is 0 Å². The second-order valence-electron chi connectivity index (χ2n) is 7.35. The fraction of sp³-hybridized carbons (Fsp3) is 0.217. The van der Waals surface area contributed by atoms with E-state index in [9.17, 15) is 19.7 Å².